The van der Waals surface area contributed by atoms with Crippen molar-refractivity contribution in [2.75, 3.05) is 0 Å². The first-order chi connectivity index (χ1) is 13.7. The summed E-state index contributed by atoms with van der Waals surface area (Å²) >= 11 is 0. The Morgan fingerprint density at radius 1 is 1.21 bits per heavy atom. The van der Waals surface area contributed by atoms with Gasteiger partial charge < -0.3 is 14.9 Å². The molecule has 3 aliphatic carbocycles. The van der Waals surface area contributed by atoms with E-state index >= 15 is 0 Å². The van der Waals surface area contributed by atoms with Crippen molar-refractivity contribution in [3.8, 4) is 11.5 Å². The number of aliphatic hydroxyl groups is 1. The van der Waals surface area contributed by atoms with Gasteiger partial charge in [0.25, 0.3) is 0 Å². The molecule has 2 fully saturated rings. The minimum atomic E-state index is -1.22. The van der Waals surface area contributed by atoms with Gasteiger partial charge in [-0.05, 0) is 74.3 Å². The number of benzene rings is 1. The molecule has 0 bridgehead atoms. The van der Waals surface area contributed by atoms with Crippen LogP contribution >= 0.6 is 0 Å². The zero-order valence-corrected chi connectivity index (χ0v) is 17.7. The minimum Gasteiger partial charge on any atom is -0.508 e. The van der Waals surface area contributed by atoms with Crippen molar-refractivity contribution >= 4 is 11.8 Å². The van der Waals surface area contributed by atoms with Crippen LogP contribution in [0.2, 0.25) is 0 Å². The van der Waals surface area contributed by atoms with Gasteiger partial charge in [-0.2, -0.15) is 0 Å². The Kier molecular flexibility index (Phi) is 5.01. The van der Waals surface area contributed by atoms with Crippen molar-refractivity contribution in [1.29, 1.82) is 0 Å². The van der Waals surface area contributed by atoms with E-state index < -0.39 is 11.0 Å². The fourth-order valence-corrected chi connectivity index (χ4v) is 6.81. The smallest absolute Gasteiger partial charge is 0.308 e. The van der Waals surface area contributed by atoms with Gasteiger partial charge in [0.05, 0.1) is 0 Å². The molecule has 0 aliphatic heterocycles. The normalized spacial score (nSPS) is 35.4. The third-order valence-corrected chi connectivity index (χ3v) is 8.11. The van der Waals surface area contributed by atoms with Crippen molar-refractivity contribution in [3.63, 3.8) is 0 Å². The molecule has 2 saturated carbocycles. The Balaban J connectivity index is 1.71. The van der Waals surface area contributed by atoms with E-state index in [0.717, 1.165) is 49.7 Å². The highest BCUT2D eigenvalue weighted by Crippen LogP contribution is 2.65. The van der Waals surface area contributed by atoms with Gasteiger partial charge in [0.1, 0.15) is 17.1 Å². The van der Waals surface area contributed by atoms with E-state index in [0.29, 0.717) is 24.5 Å². The van der Waals surface area contributed by atoms with E-state index in [1.807, 2.05) is 6.92 Å². The maximum atomic E-state index is 12.9. The van der Waals surface area contributed by atoms with Gasteiger partial charge in [-0.1, -0.05) is 13.8 Å². The van der Waals surface area contributed by atoms with E-state index in [1.165, 1.54) is 6.92 Å². The molecule has 5 heteroatoms. The van der Waals surface area contributed by atoms with Gasteiger partial charge in [-0.25, -0.2) is 0 Å². The lowest BCUT2D eigenvalue weighted by Crippen LogP contribution is -2.55. The van der Waals surface area contributed by atoms with Gasteiger partial charge in [-0.3, -0.25) is 9.59 Å². The number of rotatable bonds is 4. The van der Waals surface area contributed by atoms with Gasteiger partial charge in [0.2, 0.25) is 0 Å². The van der Waals surface area contributed by atoms with Crippen LogP contribution in [0.5, 0.6) is 11.5 Å². The molecular weight excluding hydrogens is 368 g/mol. The van der Waals surface area contributed by atoms with Gasteiger partial charge in [-0.15, -0.1) is 0 Å². The average Bonchev–Trinajstić information content (AvgIpc) is 2.93. The Bertz CT molecular complexity index is 846. The maximum Gasteiger partial charge on any atom is 0.308 e. The summed E-state index contributed by atoms with van der Waals surface area (Å²) in [6.07, 6.45) is 6.03. The second-order valence-electron chi connectivity index (χ2n) is 9.55. The van der Waals surface area contributed by atoms with Crippen molar-refractivity contribution < 1.29 is 24.5 Å². The molecule has 0 spiro atoms. The predicted molar refractivity (Wildman–Crippen MR) is 109 cm³/mol. The molecule has 0 unspecified atom stereocenters. The molecule has 29 heavy (non-hydrogen) atoms. The summed E-state index contributed by atoms with van der Waals surface area (Å²) in [6, 6.07) is 3.34. The van der Waals surface area contributed by atoms with Gasteiger partial charge in [0, 0.05) is 30.4 Å². The topological polar surface area (TPSA) is 83.8 Å². The summed E-state index contributed by atoms with van der Waals surface area (Å²) in [6.45, 7) is 5.48. The molecule has 4 rings (SSSR count). The number of carbonyl (C=O) groups is 2. The van der Waals surface area contributed by atoms with E-state index in [2.05, 4.69) is 6.92 Å². The number of hydrogen-bond donors (Lipinski definition) is 2. The molecule has 1 aromatic carbocycles. The summed E-state index contributed by atoms with van der Waals surface area (Å²) in [5, 5.41) is 21.6. The van der Waals surface area contributed by atoms with Crippen LogP contribution in [0, 0.1) is 17.3 Å². The molecule has 5 nitrogen and oxygen atoms in total. The van der Waals surface area contributed by atoms with Crippen LogP contribution < -0.4 is 4.74 Å². The van der Waals surface area contributed by atoms with Crippen molar-refractivity contribution in [2.24, 2.45) is 17.3 Å². The highest BCUT2D eigenvalue weighted by atomic mass is 16.5. The molecule has 2 N–H and O–H groups in total. The number of aryl methyl sites for hydroxylation is 1. The third-order valence-electron chi connectivity index (χ3n) is 8.11. The molecular formula is C24H32O5. The summed E-state index contributed by atoms with van der Waals surface area (Å²) in [7, 11) is 0. The number of hydrogen-bond acceptors (Lipinski definition) is 5. The van der Waals surface area contributed by atoms with E-state index in [-0.39, 0.29) is 29.3 Å². The maximum absolute atomic E-state index is 12.9. The SMILES string of the molecule is CCCC(=O)[C@@]1(O)CC[C@H]2[C@@H]3CCc4cc(O)cc(OC(C)=O)c4[C@H]3CC[C@@]21C. The summed E-state index contributed by atoms with van der Waals surface area (Å²) < 4.78 is 5.49. The molecule has 3 aliphatic rings. The summed E-state index contributed by atoms with van der Waals surface area (Å²) in [5.41, 5.74) is 0.497. The number of ketones is 1. The predicted octanol–water partition coefficient (Wildman–Crippen LogP) is 4.27. The van der Waals surface area contributed by atoms with Crippen molar-refractivity contribution in [2.45, 2.75) is 83.7 Å². The first-order valence-electron chi connectivity index (χ1n) is 11.0. The number of fused-ring (bicyclic) bond motifs is 5. The zero-order chi connectivity index (χ0) is 21.0. The van der Waals surface area contributed by atoms with Crippen molar-refractivity contribution in [1.82, 2.24) is 0 Å². The first kappa shape index (κ1) is 20.4. The molecule has 5 atom stereocenters. The lowest BCUT2D eigenvalue weighted by atomic mass is 9.52. The number of phenols is 1. The standard InChI is InChI=1S/C24H32O5/c1-4-5-21(27)24(28)11-9-19-17-7-6-15-12-16(26)13-20(29-14(2)25)22(15)18(17)8-10-23(19,24)3/h12-13,17-19,26,28H,4-11H2,1-3H3/t17-,18+,19+,23+,24+/m1/s1. The molecule has 1 aromatic rings. The van der Waals surface area contributed by atoms with Gasteiger partial charge in [0.15, 0.2) is 5.78 Å². The van der Waals surface area contributed by atoms with Crippen LogP contribution in [0.1, 0.15) is 82.8 Å². The van der Waals surface area contributed by atoms with Crippen LogP contribution in [0.25, 0.3) is 0 Å². The lowest BCUT2D eigenvalue weighted by molar-refractivity contribution is -0.157. The van der Waals surface area contributed by atoms with Gasteiger partial charge >= 0.3 is 5.97 Å². The monoisotopic (exact) mass is 400 g/mol. The highest BCUT2D eigenvalue weighted by Gasteiger charge is 2.64. The number of Topliss-reactive ketones (excluding diaryl/α,β-unsaturated/α-hetero) is 1. The Labute approximate surface area is 172 Å². The lowest BCUT2D eigenvalue weighted by Gasteiger charge is -2.53. The van der Waals surface area contributed by atoms with E-state index in [4.69, 9.17) is 4.74 Å². The fraction of sp³-hybridized carbons (Fsp3) is 0.667. The minimum absolute atomic E-state index is 0.00480. The number of ether oxygens (including phenoxy) is 1. The number of esters is 1. The molecule has 0 amide bonds. The molecule has 0 aromatic heterocycles. The second kappa shape index (κ2) is 7.12. The van der Waals surface area contributed by atoms with Crippen LogP contribution in [0.4, 0.5) is 0 Å². The van der Waals surface area contributed by atoms with E-state index in [9.17, 15) is 19.8 Å². The molecule has 0 saturated heterocycles. The Morgan fingerprint density at radius 3 is 2.66 bits per heavy atom. The largest absolute Gasteiger partial charge is 0.508 e. The van der Waals surface area contributed by atoms with Crippen LogP contribution in [0.15, 0.2) is 12.1 Å². The first-order valence-corrected chi connectivity index (χ1v) is 11.0. The third kappa shape index (κ3) is 3.00. The van der Waals surface area contributed by atoms with E-state index in [1.54, 1.807) is 12.1 Å². The summed E-state index contributed by atoms with van der Waals surface area (Å²) in [4.78, 5) is 24.5. The highest BCUT2D eigenvalue weighted by molar-refractivity contribution is 5.88. The number of carbonyl (C=O) groups excluding carboxylic acids is 2. The number of aromatic hydroxyl groups is 1. The van der Waals surface area contributed by atoms with Crippen LogP contribution in [-0.4, -0.2) is 27.6 Å². The fourth-order valence-electron chi connectivity index (χ4n) is 6.81. The van der Waals surface area contributed by atoms with Crippen LogP contribution in [0.3, 0.4) is 0 Å². The second-order valence-corrected chi connectivity index (χ2v) is 9.55. The molecule has 0 radical (unpaired) electrons. The zero-order valence-electron chi connectivity index (χ0n) is 17.7. The quantitative estimate of drug-likeness (QED) is 0.582. The summed E-state index contributed by atoms with van der Waals surface area (Å²) in [5.74, 6) is 1.07. The number of phenolic OH excluding ortho intramolecular Hbond substituents is 1. The van der Waals surface area contributed by atoms with Crippen LogP contribution in [-0.2, 0) is 16.0 Å². The average molecular weight is 401 g/mol. The van der Waals surface area contributed by atoms with Crippen molar-refractivity contribution in [3.05, 3.63) is 23.3 Å². The Morgan fingerprint density at radius 2 is 1.97 bits per heavy atom. The molecule has 158 valence electrons. The molecule has 0 heterocycles. The Hall–Kier alpha value is -1.88.